The number of aryl methyl sites for hydroxylation is 1. The molecule has 0 aliphatic carbocycles. The first-order chi connectivity index (χ1) is 11.4. The zero-order valence-electron chi connectivity index (χ0n) is 14.1. The largest absolute Gasteiger partial charge is 0.462 e. The lowest BCUT2D eigenvalue weighted by molar-refractivity contribution is -0.146. The lowest BCUT2D eigenvalue weighted by Crippen LogP contribution is -2.19. The molecule has 8 heteroatoms. The van der Waals surface area contributed by atoms with Gasteiger partial charge in [-0.15, -0.1) is 11.3 Å². The van der Waals surface area contributed by atoms with E-state index in [2.05, 4.69) is 5.32 Å². The van der Waals surface area contributed by atoms with Gasteiger partial charge in [-0.2, -0.15) is 0 Å². The molecule has 132 valence electrons. The van der Waals surface area contributed by atoms with Gasteiger partial charge in [0, 0.05) is 11.1 Å². The number of hydrogen-bond donors (Lipinski definition) is 1. The van der Waals surface area contributed by atoms with Gasteiger partial charge in [0.15, 0.2) is 5.57 Å². The standard InChI is InChI=1S/C16H21NO6S/c1-5-21-14(18)11-8-10(4)24-13(11)17-9-12(15(19)22-6-2)16(20)23-7-3/h8-9,17H,5-7H2,1-4H3. The first-order valence-electron chi connectivity index (χ1n) is 7.53. The van der Waals surface area contributed by atoms with E-state index in [1.54, 1.807) is 26.8 Å². The number of esters is 3. The molecule has 7 nitrogen and oxygen atoms in total. The molecule has 1 rings (SSSR count). The third-order valence-electron chi connectivity index (χ3n) is 2.69. The highest BCUT2D eigenvalue weighted by Gasteiger charge is 2.22. The first-order valence-corrected chi connectivity index (χ1v) is 8.34. The number of anilines is 1. The molecule has 0 aliphatic heterocycles. The molecule has 0 spiro atoms. The lowest BCUT2D eigenvalue weighted by Gasteiger charge is -2.08. The highest BCUT2D eigenvalue weighted by molar-refractivity contribution is 7.16. The second-order valence-electron chi connectivity index (χ2n) is 4.46. The van der Waals surface area contributed by atoms with Crippen LogP contribution in [-0.4, -0.2) is 37.7 Å². The van der Waals surface area contributed by atoms with Crippen molar-refractivity contribution in [1.29, 1.82) is 0 Å². The predicted molar refractivity (Wildman–Crippen MR) is 90.0 cm³/mol. The van der Waals surface area contributed by atoms with Gasteiger partial charge < -0.3 is 19.5 Å². The summed E-state index contributed by atoms with van der Waals surface area (Å²) in [6.45, 7) is 7.32. The van der Waals surface area contributed by atoms with E-state index in [0.29, 0.717) is 10.6 Å². The SMILES string of the molecule is CCOC(=O)C(=CNc1sc(C)cc1C(=O)OCC)C(=O)OCC. The van der Waals surface area contributed by atoms with E-state index < -0.39 is 17.9 Å². The van der Waals surface area contributed by atoms with Crippen molar-refractivity contribution in [3.05, 3.63) is 28.3 Å². The second kappa shape index (κ2) is 9.71. The van der Waals surface area contributed by atoms with Crippen molar-refractivity contribution in [2.75, 3.05) is 25.1 Å². The van der Waals surface area contributed by atoms with E-state index in [1.807, 2.05) is 6.92 Å². The van der Waals surface area contributed by atoms with Gasteiger partial charge in [0.25, 0.3) is 0 Å². The molecular weight excluding hydrogens is 334 g/mol. The fourth-order valence-electron chi connectivity index (χ4n) is 1.74. The summed E-state index contributed by atoms with van der Waals surface area (Å²) in [4.78, 5) is 36.6. The van der Waals surface area contributed by atoms with Gasteiger partial charge in [-0.3, -0.25) is 0 Å². The van der Waals surface area contributed by atoms with Gasteiger partial charge in [0.05, 0.1) is 25.4 Å². The number of carbonyl (C=O) groups excluding carboxylic acids is 3. The molecule has 1 aromatic rings. The Kier molecular flexibility index (Phi) is 7.97. The van der Waals surface area contributed by atoms with E-state index in [1.165, 1.54) is 17.5 Å². The van der Waals surface area contributed by atoms with E-state index >= 15 is 0 Å². The maximum atomic E-state index is 11.9. The number of thiophene rings is 1. The van der Waals surface area contributed by atoms with Crippen LogP contribution in [0.5, 0.6) is 0 Å². The van der Waals surface area contributed by atoms with Crippen LogP contribution < -0.4 is 5.32 Å². The number of rotatable bonds is 8. The second-order valence-corrected chi connectivity index (χ2v) is 5.72. The van der Waals surface area contributed by atoms with E-state index in [4.69, 9.17) is 14.2 Å². The molecule has 0 aliphatic rings. The van der Waals surface area contributed by atoms with Gasteiger partial charge in [0.2, 0.25) is 0 Å². The van der Waals surface area contributed by atoms with E-state index in [-0.39, 0.29) is 25.4 Å². The Morgan fingerprint density at radius 1 is 1.04 bits per heavy atom. The third-order valence-corrected chi connectivity index (χ3v) is 3.67. The molecule has 1 aromatic heterocycles. The summed E-state index contributed by atoms with van der Waals surface area (Å²) >= 11 is 1.30. The number of carbonyl (C=O) groups is 3. The van der Waals surface area contributed by atoms with Crippen molar-refractivity contribution >= 4 is 34.2 Å². The summed E-state index contributed by atoms with van der Waals surface area (Å²) in [6, 6.07) is 1.67. The molecule has 0 saturated heterocycles. The summed E-state index contributed by atoms with van der Waals surface area (Å²) in [5.41, 5.74) is 0.0576. The average molecular weight is 355 g/mol. The zero-order valence-corrected chi connectivity index (χ0v) is 15.0. The molecule has 0 atom stereocenters. The van der Waals surface area contributed by atoms with Gasteiger partial charge >= 0.3 is 17.9 Å². The molecule has 0 radical (unpaired) electrons. The van der Waals surface area contributed by atoms with E-state index in [9.17, 15) is 14.4 Å². The molecule has 1 N–H and O–H groups in total. The van der Waals surface area contributed by atoms with Crippen molar-refractivity contribution in [2.24, 2.45) is 0 Å². The molecule has 0 amide bonds. The molecule has 24 heavy (non-hydrogen) atoms. The number of hydrogen-bond acceptors (Lipinski definition) is 8. The summed E-state index contributed by atoms with van der Waals surface area (Å²) < 4.78 is 14.7. The fraction of sp³-hybridized carbons (Fsp3) is 0.438. The smallest absolute Gasteiger partial charge is 0.347 e. The Morgan fingerprint density at radius 2 is 1.58 bits per heavy atom. The minimum absolute atomic E-state index is 0.127. The predicted octanol–water partition coefficient (Wildman–Crippen LogP) is 2.66. The fourth-order valence-corrected chi connectivity index (χ4v) is 2.61. The normalized spacial score (nSPS) is 9.83. The molecule has 0 unspecified atom stereocenters. The molecule has 0 saturated carbocycles. The topological polar surface area (TPSA) is 90.9 Å². The Bertz CT molecular complexity index is 615. The number of nitrogens with one attached hydrogen (secondary N) is 1. The van der Waals surface area contributed by atoms with Crippen LogP contribution in [0.3, 0.4) is 0 Å². The summed E-state index contributed by atoms with van der Waals surface area (Å²) in [5.74, 6) is -2.07. The molecular formula is C16H21NO6S. The van der Waals surface area contributed by atoms with E-state index in [0.717, 1.165) is 4.88 Å². The van der Waals surface area contributed by atoms with Crippen LogP contribution in [0, 0.1) is 6.92 Å². The van der Waals surface area contributed by atoms with Crippen LogP contribution in [0.2, 0.25) is 0 Å². The van der Waals surface area contributed by atoms with Gasteiger partial charge in [-0.1, -0.05) is 0 Å². The van der Waals surface area contributed by atoms with Crippen LogP contribution in [0.4, 0.5) is 5.00 Å². The van der Waals surface area contributed by atoms with Crippen LogP contribution in [0.25, 0.3) is 0 Å². The Labute approximate surface area is 144 Å². The molecule has 1 heterocycles. The molecule has 0 fully saturated rings. The first kappa shape index (κ1) is 19.7. The summed E-state index contributed by atoms with van der Waals surface area (Å²) in [6.07, 6.45) is 1.18. The minimum atomic E-state index is -0.797. The summed E-state index contributed by atoms with van der Waals surface area (Å²) in [5, 5.41) is 3.28. The van der Waals surface area contributed by atoms with Crippen LogP contribution in [0.15, 0.2) is 17.8 Å². The highest BCUT2D eigenvalue weighted by atomic mass is 32.1. The van der Waals surface area contributed by atoms with Crippen LogP contribution >= 0.6 is 11.3 Å². The van der Waals surface area contributed by atoms with Gasteiger partial charge in [-0.25, -0.2) is 14.4 Å². The zero-order chi connectivity index (χ0) is 18.1. The molecule has 0 bridgehead atoms. The molecule has 0 aromatic carbocycles. The maximum Gasteiger partial charge on any atom is 0.347 e. The lowest BCUT2D eigenvalue weighted by atomic mass is 10.2. The third kappa shape index (κ3) is 5.38. The van der Waals surface area contributed by atoms with Crippen molar-refractivity contribution in [3.8, 4) is 0 Å². The average Bonchev–Trinajstić information content (AvgIpc) is 2.89. The number of ether oxygens (including phenoxy) is 3. The summed E-state index contributed by atoms with van der Waals surface area (Å²) in [7, 11) is 0. The van der Waals surface area contributed by atoms with Gasteiger partial charge in [0.1, 0.15) is 5.00 Å². The van der Waals surface area contributed by atoms with Crippen LogP contribution in [-0.2, 0) is 23.8 Å². The monoisotopic (exact) mass is 355 g/mol. The van der Waals surface area contributed by atoms with Crippen molar-refractivity contribution in [2.45, 2.75) is 27.7 Å². The maximum absolute atomic E-state index is 11.9. The Morgan fingerprint density at radius 3 is 2.08 bits per heavy atom. The van der Waals surface area contributed by atoms with Gasteiger partial charge in [-0.05, 0) is 33.8 Å². The highest BCUT2D eigenvalue weighted by Crippen LogP contribution is 2.28. The van der Waals surface area contributed by atoms with Crippen molar-refractivity contribution < 1.29 is 28.6 Å². The minimum Gasteiger partial charge on any atom is -0.462 e. The van der Waals surface area contributed by atoms with Crippen LogP contribution in [0.1, 0.15) is 36.0 Å². The Balaban J connectivity index is 3.06. The Hall–Kier alpha value is -2.35. The van der Waals surface area contributed by atoms with Crippen molar-refractivity contribution in [3.63, 3.8) is 0 Å². The van der Waals surface area contributed by atoms with Crippen molar-refractivity contribution in [1.82, 2.24) is 0 Å². The quantitative estimate of drug-likeness (QED) is 0.252.